The second-order valence-corrected chi connectivity index (χ2v) is 8.01. The van der Waals surface area contributed by atoms with E-state index in [-0.39, 0.29) is 5.91 Å². The topological polar surface area (TPSA) is 54.5 Å². The van der Waals surface area contributed by atoms with Crippen molar-refractivity contribution in [3.05, 3.63) is 20.8 Å². The van der Waals surface area contributed by atoms with Gasteiger partial charge in [0.05, 0.1) is 3.79 Å². The van der Waals surface area contributed by atoms with Gasteiger partial charge in [-0.2, -0.15) is 0 Å². The molecule has 0 saturated heterocycles. The maximum Gasteiger partial charge on any atom is 0.237 e. The highest BCUT2D eigenvalue weighted by atomic mass is 79.9. The lowest BCUT2D eigenvalue weighted by molar-refractivity contribution is -0.127. The van der Waals surface area contributed by atoms with Gasteiger partial charge in [-0.05, 0) is 32.9 Å². The molecule has 0 aromatic carbocycles. The van der Waals surface area contributed by atoms with Crippen molar-refractivity contribution < 1.29 is 13.2 Å². The van der Waals surface area contributed by atoms with Crippen molar-refractivity contribution in [2.24, 2.45) is 0 Å². The maximum atomic E-state index is 11.5. The largest absolute Gasteiger partial charge is 0.341 e. The number of sulfone groups is 1. The van der Waals surface area contributed by atoms with Crippen LogP contribution < -0.4 is 0 Å². The molecule has 0 atom stereocenters. The van der Waals surface area contributed by atoms with E-state index in [0.717, 1.165) is 15.6 Å². The van der Waals surface area contributed by atoms with Crippen LogP contribution in [0.2, 0.25) is 0 Å². The number of carbonyl (C=O) groups excluding carboxylic acids is 1. The molecule has 1 aromatic rings. The third-order valence-corrected chi connectivity index (χ3v) is 4.18. The SMILES string of the molecule is CN(Cc1csc(Br)c1)C(=O)CS(C)(=O)=O. The zero-order valence-electron chi connectivity index (χ0n) is 8.94. The van der Waals surface area contributed by atoms with E-state index in [1.807, 2.05) is 11.4 Å². The summed E-state index contributed by atoms with van der Waals surface area (Å²) in [5.41, 5.74) is 0.987. The van der Waals surface area contributed by atoms with Gasteiger partial charge in [0.1, 0.15) is 5.75 Å². The van der Waals surface area contributed by atoms with Crippen LogP contribution in [0.1, 0.15) is 5.56 Å². The van der Waals surface area contributed by atoms with Crippen LogP contribution in [0, 0.1) is 0 Å². The summed E-state index contributed by atoms with van der Waals surface area (Å²) in [7, 11) is -1.66. The van der Waals surface area contributed by atoms with E-state index in [9.17, 15) is 13.2 Å². The molecule has 90 valence electrons. The highest BCUT2D eigenvalue weighted by Crippen LogP contribution is 2.21. The molecule has 0 N–H and O–H groups in total. The Morgan fingerprint density at radius 1 is 1.56 bits per heavy atom. The molecule has 7 heteroatoms. The number of halogens is 1. The quantitative estimate of drug-likeness (QED) is 0.843. The van der Waals surface area contributed by atoms with E-state index in [1.165, 1.54) is 16.2 Å². The fourth-order valence-corrected chi connectivity index (χ4v) is 2.99. The third-order valence-electron chi connectivity index (χ3n) is 1.85. The molecule has 1 heterocycles. The number of nitrogens with zero attached hydrogens (tertiary/aromatic N) is 1. The second-order valence-electron chi connectivity index (χ2n) is 3.58. The lowest BCUT2D eigenvalue weighted by Crippen LogP contribution is -2.31. The molecule has 4 nitrogen and oxygen atoms in total. The van der Waals surface area contributed by atoms with Crippen molar-refractivity contribution in [3.63, 3.8) is 0 Å². The first-order chi connectivity index (χ1) is 7.28. The van der Waals surface area contributed by atoms with Crippen molar-refractivity contribution in [2.45, 2.75) is 6.54 Å². The minimum atomic E-state index is -3.25. The average molecular weight is 326 g/mol. The van der Waals surface area contributed by atoms with Gasteiger partial charge in [0.2, 0.25) is 5.91 Å². The Morgan fingerprint density at radius 2 is 2.19 bits per heavy atom. The summed E-state index contributed by atoms with van der Waals surface area (Å²) in [6, 6.07) is 1.91. The van der Waals surface area contributed by atoms with Crippen LogP contribution >= 0.6 is 27.3 Å². The fourth-order valence-electron chi connectivity index (χ4n) is 1.13. The van der Waals surface area contributed by atoms with Crippen LogP contribution in [0.5, 0.6) is 0 Å². The smallest absolute Gasteiger partial charge is 0.237 e. The minimum absolute atomic E-state index is 0.384. The van der Waals surface area contributed by atoms with E-state index < -0.39 is 15.6 Å². The highest BCUT2D eigenvalue weighted by molar-refractivity contribution is 9.11. The van der Waals surface area contributed by atoms with Crippen molar-refractivity contribution in [1.82, 2.24) is 4.90 Å². The van der Waals surface area contributed by atoms with E-state index in [0.29, 0.717) is 6.54 Å². The van der Waals surface area contributed by atoms with Crippen LogP contribution in [-0.4, -0.2) is 38.3 Å². The van der Waals surface area contributed by atoms with Crippen LogP contribution in [0.15, 0.2) is 15.2 Å². The van der Waals surface area contributed by atoms with Gasteiger partial charge >= 0.3 is 0 Å². The number of thiophene rings is 1. The molecular formula is C9H12BrNO3S2. The summed E-state index contributed by atoms with van der Waals surface area (Å²) in [4.78, 5) is 12.9. The average Bonchev–Trinajstić information content (AvgIpc) is 2.48. The number of carbonyl (C=O) groups is 1. The van der Waals surface area contributed by atoms with Crippen LogP contribution in [0.4, 0.5) is 0 Å². The molecular weight excluding hydrogens is 314 g/mol. The lowest BCUT2D eigenvalue weighted by Gasteiger charge is -2.15. The summed E-state index contributed by atoms with van der Waals surface area (Å²) >= 11 is 4.86. The number of hydrogen-bond donors (Lipinski definition) is 0. The van der Waals surface area contributed by atoms with Crippen molar-refractivity contribution in [1.29, 1.82) is 0 Å². The molecule has 0 unspecified atom stereocenters. The molecule has 0 radical (unpaired) electrons. The Kier molecular flexibility index (Phi) is 4.52. The summed E-state index contributed by atoms with van der Waals surface area (Å²) in [5.74, 6) is -0.820. The molecule has 0 spiro atoms. The Labute approximate surface area is 107 Å². The maximum absolute atomic E-state index is 11.5. The van der Waals surface area contributed by atoms with Crippen molar-refractivity contribution >= 4 is 43.0 Å². The molecule has 0 aliphatic rings. The summed E-state index contributed by atoms with van der Waals surface area (Å²) in [6.07, 6.45) is 1.06. The Hall–Kier alpha value is -0.400. The minimum Gasteiger partial charge on any atom is -0.341 e. The van der Waals surface area contributed by atoms with E-state index >= 15 is 0 Å². The molecule has 0 aliphatic carbocycles. The predicted octanol–water partition coefficient (Wildman–Crippen LogP) is 1.51. The first-order valence-electron chi connectivity index (χ1n) is 4.42. The van der Waals surface area contributed by atoms with E-state index in [1.54, 1.807) is 7.05 Å². The third kappa shape index (κ3) is 4.63. The van der Waals surface area contributed by atoms with Gasteiger partial charge in [0.15, 0.2) is 9.84 Å². The molecule has 0 bridgehead atoms. The van der Waals surface area contributed by atoms with Crippen LogP contribution in [-0.2, 0) is 21.2 Å². The normalized spacial score (nSPS) is 11.4. The monoisotopic (exact) mass is 325 g/mol. The summed E-state index contributed by atoms with van der Waals surface area (Å²) < 4.78 is 22.9. The number of amides is 1. The zero-order chi connectivity index (χ0) is 12.3. The van der Waals surface area contributed by atoms with E-state index in [4.69, 9.17) is 0 Å². The van der Waals surface area contributed by atoms with Gasteiger partial charge < -0.3 is 4.90 Å². The molecule has 1 amide bonds. The molecule has 1 rings (SSSR count). The van der Waals surface area contributed by atoms with Gasteiger partial charge in [-0.25, -0.2) is 8.42 Å². The van der Waals surface area contributed by atoms with Crippen LogP contribution in [0.3, 0.4) is 0 Å². The molecule has 0 saturated carbocycles. The summed E-state index contributed by atoms with van der Waals surface area (Å²) in [6.45, 7) is 0.427. The molecule has 0 fully saturated rings. The first kappa shape index (κ1) is 13.7. The standard InChI is InChI=1S/C9H12BrNO3S2/c1-11(9(12)6-16(2,13)14)4-7-3-8(10)15-5-7/h3,5H,4,6H2,1-2H3. The van der Waals surface area contributed by atoms with Gasteiger partial charge in [-0.15, -0.1) is 11.3 Å². The molecule has 0 aliphatic heterocycles. The lowest BCUT2D eigenvalue weighted by atomic mass is 10.3. The van der Waals surface area contributed by atoms with Gasteiger partial charge in [0, 0.05) is 19.8 Å². The number of rotatable bonds is 4. The molecule has 16 heavy (non-hydrogen) atoms. The zero-order valence-corrected chi connectivity index (χ0v) is 12.2. The summed E-state index contributed by atoms with van der Waals surface area (Å²) in [5, 5.41) is 1.92. The Bertz CT molecular complexity index is 481. The van der Waals surface area contributed by atoms with Gasteiger partial charge in [0.25, 0.3) is 0 Å². The highest BCUT2D eigenvalue weighted by Gasteiger charge is 2.15. The second kappa shape index (κ2) is 5.29. The Balaban J connectivity index is 2.59. The van der Waals surface area contributed by atoms with Gasteiger partial charge in [-0.3, -0.25) is 4.79 Å². The first-order valence-corrected chi connectivity index (χ1v) is 8.16. The number of hydrogen-bond acceptors (Lipinski definition) is 4. The van der Waals surface area contributed by atoms with Crippen molar-refractivity contribution in [2.75, 3.05) is 19.1 Å². The van der Waals surface area contributed by atoms with Crippen LogP contribution in [0.25, 0.3) is 0 Å². The molecule has 1 aromatic heterocycles. The van der Waals surface area contributed by atoms with E-state index in [2.05, 4.69) is 15.9 Å². The van der Waals surface area contributed by atoms with Crippen molar-refractivity contribution in [3.8, 4) is 0 Å². The predicted molar refractivity (Wildman–Crippen MR) is 68.2 cm³/mol. The Morgan fingerprint density at radius 3 is 2.62 bits per heavy atom. The fraction of sp³-hybridized carbons (Fsp3) is 0.444. The van der Waals surface area contributed by atoms with Gasteiger partial charge in [-0.1, -0.05) is 0 Å².